The number of rotatable bonds is 2. The molecule has 2 rings (SSSR count). The van der Waals surface area contributed by atoms with Crippen LogP contribution in [-0.2, 0) is 5.41 Å². The van der Waals surface area contributed by atoms with Gasteiger partial charge in [-0.05, 0) is 18.9 Å². The Kier molecular flexibility index (Phi) is 1.80. The number of halogens is 1. The number of nitrogens with two attached hydrogens (primary N) is 1. The summed E-state index contributed by atoms with van der Waals surface area (Å²) >= 11 is 4.93. The quantitative estimate of drug-likeness (QED) is 0.729. The molecule has 1 aliphatic rings. The van der Waals surface area contributed by atoms with E-state index in [-0.39, 0.29) is 11.2 Å². The van der Waals surface area contributed by atoms with Crippen LogP contribution in [0.3, 0.4) is 0 Å². The zero-order valence-electron chi connectivity index (χ0n) is 6.96. The lowest BCUT2D eigenvalue weighted by Crippen LogP contribution is -2.27. The van der Waals surface area contributed by atoms with Gasteiger partial charge in [-0.25, -0.2) is 4.39 Å². The van der Waals surface area contributed by atoms with Crippen molar-refractivity contribution in [1.82, 2.24) is 4.98 Å². The Labute approximate surface area is 81.0 Å². The third-order valence-corrected chi connectivity index (χ3v) is 2.90. The normalized spacial score (nSPS) is 18.2. The lowest BCUT2D eigenvalue weighted by atomic mass is 9.97. The summed E-state index contributed by atoms with van der Waals surface area (Å²) in [7, 11) is 0. The first kappa shape index (κ1) is 8.56. The molecule has 1 saturated carbocycles. The van der Waals surface area contributed by atoms with E-state index in [1.165, 1.54) is 6.20 Å². The summed E-state index contributed by atoms with van der Waals surface area (Å²) in [6.45, 7) is 0. The maximum atomic E-state index is 13.3. The van der Waals surface area contributed by atoms with Gasteiger partial charge in [0.15, 0.2) is 0 Å². The van der Waals surface area contributed by atoms with E-state index in [2.05, 4.69) is 4.98 Å². The topological polar surface area (TPSA) is 38.9 Å². The van der Waals surface area contributed by atoms with E-state index >= 15 is 0 Å². The van der Waals surface area contributed by atoms with Gasteiger partial charge in [-0.1, -0.05) is 12.2 Å². The molecule has 1 aromatic heterocycles. The number of hydrogen-bond donors (Lipinski definition) is 1. The van der Waals surface area contributed by atoms with Crippen molar-refractivity contribution in [2.75, 3.05) is 0 Å². The number of pyridine rings is 1. The molecule has 0 amide bonds. The molecule has 0 unspecified atom stereocenters. The Hall–Kier alpha value is -1.03. The molecule has 4 heteroatoms. The van der Waals surface area contributed by atoms with Crippen molar-refractivity contribution < 1.29 is 4.39 Å². The molecule has 1 aliphatic carbocycles. The minimum atomic E-state index is -0.373. The molecule has 0 aromatic carbocycles. The molecule has 0 radical (unpaired) electrons. The third kappa shape index (κ3) is 1.21. The zero-order valence-corrected chi connectivity index (χ0v) is 7.77. The zero-order chi connectivity index (χ0) is 9.47. The fourth-order valence-corrected chi connectivity index (χ4v) is 1.85. The van der Waals surface area contributed by atoms with Crippen LogP contribution in [0, 0.1) is 5.82 Å². The summed E-state index contributed by atoms with van der Waals surface area (Å²) < 4.78 is 13.3. The average Bonchev–Trinajstić information content (AvgIpc) is 2.85. The molecule has 2 N–H and O–H groups in total. The molecule has 0 saturated heterocycles. The summed E-state index contributed by atoms with van der Waals surface area (Å²) in [5.74, 6) is -0.312. The van der Waals surface area contributed by atoms with Gasteiger partial charge >= 0.3 is 0 Å². The minimum Gasteiger partial charge on any atom is -0.393 e. The predicted molar refractivity (Wildman–Crippen MR) is 51.9 cm³/mol. The second-order valence-electron chi connectivity index (χ2n) is 3.30. The van der Waals surface area contributed by atoms with Crippen LogP contribution in [0.15, 0.2) is 18.5 Å². The van der Waals surface area contributed by atoms with Crippen molar-refractivity contribution in [3.8, 4) is 0 Å². The molecule has 1 heterocycles. The second kappa shape index (κ2) is 2.73. The molecule has 1 aromatic rings. The molecule has 1 fully saturated rings. The Balaban J connectivity index is 2.47. The van der Waals surface area contributed by atoms with Gasteiger partial charge in [0, 0.05) is 17.2 Å². The van der Waals surface area contributed by atoms with E-state index in [9.17, 15) is 4.39 Å². The minimum absolute atomic E-state index is 0.312. The van der Waals surface area contributed by atoms with Gasteiger partial charge in [0.25, 0.3) is 0 Å². The van der Waals surface area contributed by atoms with E-state index in [0.29, 0.717) is 10.6 Å². The first-order valence-corrected chi connectivity index (χ1v) is 4.47. The van der Waals surface area contributed by atoms with Crippen LogP contribution in [0.25, 0.3) is 0 Å². The number of aromatic nitrogens is 1. The second-order valence-corrected chi connectivity index (χ2v) is 3.74. The molecular weight excluding hydrogens is 187 g/mol. The van der Waals surface area contributed by atoms with Crippen molar-refractivity contribution in [3.63, 3.8) is 0 Å². The largest absolute Gasteiger partial charge is 0.393 e. The van der Waals surface area contributed by atoms with E-state index in [4.69, 9.17) is 18.0 Å². The summed E-state index contributed by atoms with van der Waals surface area (Å²) in [4.78, 5) is 4.07. The lowest BCUT2D eigenvalue weighted by molar-refractivity contribution is 0.596. The number of thiocarbonyl (C=S) groups is 1. The first-order valence-electron chi connectivity index (χ1n) is 4.07. The van der Waals surface area contributed by atoms with Crippen LogP contribution in [-0.4, -0.2) is 9.97 Å². The number of nitrogens with zero attached hydrogens (tertiary/aromatic N) is 1. The highest BCUT2D eigenvalue weighted by Crippen LogP contribution is 2.49. The van der Waals surface area contributed by atoms with Crippen LogP contribution in [0.1, 0.15) is 18.4 Å². The van der Waals surface area contributed by atoms with E-state index in [1.807, 2.05) is 0 Å². The van der Waals surface area contributed by atoms with E-state index in [0.717, 1.165) is 12.8 Å². The van der Waals surface area contributed by atoms with E-state index in [1.54, 1.807) is 12.3 Å². The molecule has 68 valence electrons. The standard InChI is InChI=1S/C9H9FN2S/c10-7-5-12-4-1-6(7)9(2-3-9)8(11)13/h1,4-5H,2-3H2,(H2,11,13). The van der Waals surface area contributed by atoms with Gasteiger partial charge in [-0.3, -0.25) is 4.98 Å². The van der Waals surface area contributed by atoms with Gasteiger partial charge in [0.1, 0.15) is 5.82 Å². The Morgan fingerprint density at radius 1 is 1.62 bits per heavy atom. The van der Waals surface area contributed by atoms with Crippen LogP contribution in [0.4, 0.5) is 4.39 Å². The molecule has 13 heavy (non-hydrogen) atoms. The van der Waals surface area contributed by atoms with Crippen LogP contribution in [0.2, 0.25) is 0 Å². The van der Waals surface area contributed by atoms with Crippen molar-refractivity contribution in [2.45, 2.75) is 18.3 Å². The van der Waals surface area contributed by atoms with Crippen LogP contribution >= 0.6 is 12.2 Å². The maximum Gasteiger partial charge on any atom is 0.145 e. The SMILES string of the molecule is NC(=S)C1(c2ccncc2F)CC1. The van der Waals surface area contributed by atoms with Gasteiger partial charge in [-0.2, -0.15) is 0 Å². The van der Waals surface area contributed by atoms with Crippen molar-refractivity contribution in [1.29, 1.82) is 0 Å². The van der Waals surface area contributed by atoms with Crippen LogP contribution < -0.4 is 5.73 Å². The van der Waals surface area contributed by atoms with Crippen molar-refractivity contribution in [3.05, 3.63) is 29.8 Å². The summed E-state index contributed by atoms with van der Waals surface area (Å²) in [6, 6.07) is 1.65. The van der Waals surface area contributed by atoms with Crippen molar-refractivity contribution >= 4 is 17.2 Å². The highest BCUT2D eigenvalue weighted by molar-refractivity contribution is 7.80. The maximum absolute atomic E-state index is 13.3. The van der Waals surface area contributed by atoms with Gasteiger partial charge in [0.2, 0.25) is 0 Å². The molecule has 2 nitrogen and oxygen atoms in total. The molecular formula is C9H9FN2S. The molecule has 0 aliphatic heterocycles. The smallest absolute Gasteiger partial charge is 0.145 e. The molecule has 0 bridgehead atoms. The van der Waals surface area contributed by atoms with Gasteiger partial charge in [-0.15, -0.1) is 0 Å². The summed E-state index contributed by atoms with van der Waals surface area (Å²) in [5, 5.41) is 0. The predicted octanol–water partition coefficient (Wildman–Crippen LogP) is 1.54. The highest BCUT2D eigenvalue weighted by Gasteiger charge is 2.48. The Morgan fingerprint density at radius 3 is 2.77 bits per heavy atom. The molecule has 0 atom stereocenters. The Bertz CT molecular complexity index is 360. The van der Waals surface area contributed by atoms with Crippen molar-refractivity contribution in [2.24, 2.45) is 5.73 Å². The number of hydrogen-bond acceptors (Lipinski definition) is 2. The summed E-state index contributed by atoms with van der Waals surface area (Å²) in [6.07, 6.45) is 4.47. The monoisotopic (exact) mass is 196 g/mol. The van der Waals surface area contributed by atoms with Gasteiger partial charge in [0.05, 0.1) is 11.2 Å². The lowest BCUT2D eigenvalue weighted by Gasteiger charge is -2.13. The highest BCUT2D eigenvalue weighted by atomic mass is 32.1. The fourth-order valence-electron chi connectivity index (χ4n) is 1.54. The van der Waals surface area contributed by atoms with Crippen LogP contribution in [0.5, 0.6) is 0 Å². The summed E-state index contributed by atoms with van der Waals surface area (Å²) in [5.41, 5.74) is 5.80. The van der Waals surface area contributed by atoms with Gasteiger partial charge < -0.3 is 5.73 Å². The Morgan fingerprint density at radius 2 is 2.31 bits per heavy atom. The molecule has 0 spiro atoms. The third-order valence-electron chi connectivity index (χ3n) is 2.51. The average molecular weight is 196 g/mol. The first-order chi connectivity index (χ1) is 6.17. The fraction of sp³-hybridized carbons (Fsp3) is 0.333. The van der Waals surface area contributed by atoms with E-state index < -0.39 is 0 Å².